The Morgan fingerprint density at radius 2 is 1.77 bits per heavy atom. The van der Waals surface area contributed by atoms with Crippen LogP contribution in [0.5, 0.6) is 0 Å². The first-order valence-corrected chi connectivity index (χ1v) is 5.87. The Kier molecular flexibility index (Phi) is 2.35. The topological polar surface area (TPSA) is 0 Å². The molecule has 0 saturated heterocycles. The van der Waals surface area contributed by atoms with E-state index in [1.807, 2.05) is 0 Å². The Labute approximate surface area is 106 Å². The molecule has 2 aliphatic carbocycles. The zero-order valence-electron chi connectivity index (χ0n) is 6.13. The van der Waals surface area contributed by atoms with Crippen LogP contribution in [0.15, 0.2) is 11.1 Å². The van der Waals surface area contributed by atoms with E-state index in [1.54, 1.807) is 6.08 Å². The second-order valence-electron chi connectivity index (χ2n) is 3.31. The highest BCUT2D eigenvalue weighted by molar-refractivity contribution is 6.63. The lowest BCUT2D eigenvalue weighted by molar-refractivity contribution is 0.686. The van der Waals surface area contributed by atoms with Crippen molar-refractivity contribution in [1.82, 2.24) is 0 Å². The van der Waals surface area contributed by atoms with Crippen molar-refractivity contribution in [2.45, 2.75) is 25.9 Å². The normalized spacial score (nSPS) is 52.5. The second kappa shape index (κ2) is 2.78. The summed E-state index contributed by atoms with van der Waals surface area (Å²) >= 11 is 36.4. The number of hydrogen-bond donors (Lipinski definition) is 0. The Morgan fingerprint density at radius 3 is 2.00 bits per heavy atom. The molecule has 74 valence electrons. The molecule has 0 spiro atoms. The molecule has 2 bridgehead atoms. The van der Waals surface area contributed by atoms with Gasteiger partial charge in [-0.25, -0.2) is 0 Å². The average molecular weight is 301 g/mol. The SMILES string of the molecule is ClC1=C[C@]2(Cl)[C@H](Cl)C[C@@]1(Cl)C2(Cl)Cl. The quantitative estimate of drug-likeness (QED) is 0.586. The van der Waals surface area contributed by atoms with Crippen LogP contribution in [0.25, 0.3) is 0 Å². The highest BCUT2D eigenvalue weighted by Crippen LogP contribution is 2.69. The fourth-order valence-corrected chi connectivity index (χ4v) is 4.44. The van der Waals surface area contributed by atoms with E-state index in [-0.39, 0.29) is 0 Å². The summed E-state index contributed by atoms with van der Waals surface area (Å²) in [4.78, 5) is -2.09. The van der Waals surface area contributed by atoms with Gasteiger partial charge in [0.15, 0.2) is 4.33 Å². The molecule has 2 aliphatic rings. The molecule has 6 heteroatoms. The third kappa shape index (κ3) is 1.03. The van der Waals surface area contributed by atoms with Gasteiger partial charge < -0.3 is 0 Å². The van der Waals surface area contributed by atoms with Crippen molar-refractivity contribution in [3.63, 3.8) is 0 Å². The lowest BCUT2D eigenvalue weighted by atomic mass is 10.1. The Bertz CT molecular complexity index is 297. The molecule has 3 atom stereocenters. The molecule has 0 radical (unpaired) electrons. The molecule has 2 rings (SSSR count). The number of rotatable bonds is 0. The summed E-state index contributed by atoms with van der Waals surface area (Å²) in [5, 5.41) is -0.0183. The first kappa shape index (κ1) is 11.0. The number of allylic oxidation sites excluding steroid dienone is 2. The van der Waals surface area contributed by atoms with Crippen LogP contribution in [0.1, 0.15) is 6.42 Å². The van der Waals surface area contributed by atoms with Crippen LogP contribution in [0, 0.1) is 0 Å². The summed E-state index contributed by atoms with van der Waals surface area (Å²) in [6, 6.07) is 0. The smallest absolute Gasteiger partial charge is 0.121 e. The summed E-state index contributed by atoms with van der Waals surface area (Å²) in [6.07, 6.45) is 1.92. The number of alkyl halides is 5. The first-order valence-electron chi connectivity index (χ1n) is 3.54. The molecule has 0 heterocycles. The van der Waals surface area contributed by atoms with Crippen LogP contribution in [0.3, 0.4) is 0 Å². The lowest BCUT2D eigenvalue weighted by Crippen LogP contribution is -2.43. The Morgan fingerprint density at radius 1 is 1.23 bits per heavy atom. The third-order valence-corrected chi connectivity index (χ3v) is 6.70. The van der Waals surface area contributed by atoms with Gasteiger partial charge in [-0.2, -0.15) is 0 Å². The summed E-state index contributed by atoms with van der Waals surface area (Å²) in [6.45, 7) is 0. The van der Waals surface area contributed by atoms with Crippen LogP contribution >= 0.6 is 69.6 Å². The predicted molar refractivity (Wildman–Crippen MR) is 59.8 cm³/mol. The van der Waals surface area contributed by atoms with Gasteiger partial charge in [0, 0.05) is 5.03 Å². The largest absolute Gasteiger partial charge is 0.166 e. The molecule has 0 nitrogen and oxygen atoms in total. The summed E-state index contributed by atoms with van der Waals surface area (Å²) in [7, 11) is 0. The minimum absolute atomic E-state index is 0.377. The van der Waals surface area contributed by atoms with E-state index in [9.17, 15) is 0 Å². The van der Waals surface area contributed by atoms with Crippen molar-refractivity contribution in [2.24, 2.45) is 0 Å². The van der Waals surface area contributed by atoms with Crippen molar-refractivity contribution in [2.75, 3.05) is 0 Å². The van der Waals surface area contributed by atoms with E-state index in [2.05, 4.69) is 0 Å². The molecule has 0 aromatic heterocycles. The monoisotopic (exact) mass is 298 g/mol. The van der Waals surface area contributed by atoms with Gasteiger partial charge in [0.25, 0.3) is 0 Å². The zero-order valence-corrected chi connectivity index (χ0v) is 10.7. The third-order valence-electron chi connectivity index (χ3n) is 2.61. The molecule has 13 heavy (non-hydrogen) atoms. The van der Waals surface area contributed by atoms with E-state index in [0.717, 1.165) is 0 Å². The van der Waals surface area contributed by atoms with Crippen molar-refractivity contribution in [3.8, 4) is 0 Å². The van der Waals surface area contributed by atoms with Crippen molar-refractivity contribution >= 4 is 69.6 Å². The van der Waals surface area contributed by atoms with E-state index < -0.39 is 19.5 Å². The second-order valence-corrected chi connectivity index (χ2v) is 6.84. The maximum absolute atomic E-state index is 6.19. The van der Waals surface area contributed by atoms with Crippen LogP contribution in [-0.2, 0) is 0 Å². The molecule has 0 amide bonds. The molecule has 0 unspecified atom stereocenters. The van der Waals surface area contributed by atoms with Gasteiger partial charge in [0.05, 0.1) is 5.38 Å². The van der Waals surface area contributed by atoms with E-state index >= 15 is 0 Å². The van der Waals surface area contributed by atoms with Gasteiger partial charge in [-0.3, -0.25) is 0 Å². The molecule has 1 fully saturated rings. The number of hydrogen-bond acceptors (Lipinski definition) is 0. The van der Waals surface area contributed by atoms with Crippen LogP contribution in [0.4, 0.5) is 0 Å². The van der Waals surface area contributed by atoms with Gasteiger partial charge in [-0.1, -0.05) is 34.8 Å². The lowest BCUT2D eigenvalue weighted by Gasteiger charge is -2.30. The standard InChI is InChI=1S/C7H4Cl6/c8-3-1-5(10)4(9)2-6(3,11)7(5,12)13/h1,4H,2H2/t4-,5+,6+/m1/s1. The fraction of sp³-hybridized carbons (Fsp3) is 0.714. The number of fused-ring (bicyclic) bond motifs is 2. The van der Waals surface area contributed by atoms with Crippen molar-refractivity contribution < 1.29 is 0 Å². The van der Waals surface area contributed by atoms with E-state index in [1.165, 1.54) is 0 Å². The Balaban J connectivity index is 2.62. The zero-order chi connectivity index (χ0) is 10.1. The van der Waals surface area contributed by atoms with Gasteiger partial charge in [-0.05, 0) is 12.5 Å². The molecular weight excluding hydrogens is 297 g/mol. The maximum Gasteiger partial charge on any atom is 0.166 e. The van der Waals surface area contributed by atoms with Gasteiger partial charge in [-0.15, -0.1) is 34.8 Å². The first-order chi connectivity index (χ1) is 5.76. The molecule has 1 saturated carbocycles. The summed E-state index contributed by atoms with van der Waals surface area (Å²) in [5.41, 5.74) is 0. The van der Waals surface area contributed by atoms with Crippen LogP contribution < -0.4 is 0 Å². The minimum atomic E-state index is -1.34. The predicted octanol–water partition coefficient (Wildman–Crippen LogP) is 4.26. The highest BCUT2D eigenvalue weighted by Gasteiger charge is 2.74. The van der Waals surface area contributed by atoms with E-state index in [4.69, 9.17) is 69.6 Å². The summed E-state index contributed by atoms with van der Waals surface area (Å²) < 4.78 is -1.34. The molecule has 0 aromatic rings. The van der Waals surface area contributed by atoms with Crippen molar-refractivity contribution in [3.05, 3.63) is 11.1 Å². The van der Waals surface area contributed by atoms with E-state index in [0.29, 0.717) is 11.5 Å². The van der Waals surface area contributed by atoms with Gasteiger partial charge >= 0.3 is 0 Å². The van der Waals surface area contributed by atoms with Crippen molar-refractivity contribution in [1.29, 1.82) is 0 Å². The Hall–Kier alpha value is 1.48. The highest BCUT2D eigenvalue weighted by atomic mass is 35.5. The molecule has 0 N–H and O–H groups in total. The van der Waals surface area contributed by atoms with Gasteiger partial charge in [0.1, 0.15) is 9.75 Å². The average Bonchev–Trinajstić information content (AvgIpc) is 2.18. The van der Waals surface area contributed by atoms with Crippen LogP contribution in [0.2, 0.25) is 0 Å². The molecule has 0 aromatic carbocycles. The number of halogens is 6. The fourth-order valence-electron chi connectivity index (χ4n) is 1.75. The maximum atomic E-state index is 6.19. The molecule has 0 aliphatic heterocycles. The van der Waals surface area contributed by atoms with Crippen LogP contribution in [-0.4, -0.2) is 19.5 Å². The summed E-state index contributed by atoms with van der Waals surface area (Å²) in [5.74, 6) is 0. The minimum Gasteiger partial charge on any atom is -0.121 e. The van der Waals surface area contributed by atoms with Gasteiger partial charge in [0.2, 0.25) is 0 Å². The molecular formula is C7H4Cl6.